The minimum atomic E-state index is -0.987. The summed E-state index contributed by atoms with van der Waals surface area (Å²) in [5, 5.41) is 12.4. The van der Waals surface area contributed by atoms with Gasteiger partial charge in [0.05, 0.1) is 10.9 Å². The molecule has 2 fully saturated rings. The predicted molar refractivity (Wildman–Crippen MR) is 146 cm³/mol. The number of amides is 2. The van der Waals surface area contributed by atoms with E-state index in [1.165, 1.54) is 28.8 Å². The molecule has 2 N–H and O–H groups in total. The van der Waals surface area contributed by atoms with Crippen LogP contribution in [-0.4, -0.2) is 75.8 Å². The van der Waals surface area contributed by atoms with Gasteiger partial charge >= 0.3 is 6.09 Å². The monoisotopic (exact) mass is 561 g/mol. The van der Waals surface area contributed by atoms with E-state index in [-0.39, 0.29) is 36.8 Å². The highest BCUT2D eigenvalue weighted by Crippen LogP contribution is 2.38. The molecule has 0 spiro atoms. The van der Waals surface area contributed by atoms with E-state index in [1.807, 2.05) is 5.01 Å². The molecule has 1 aromatic rings. The summed E-state index contributed by atoms with van der Waals surface area (Å²) in [4.78, 5) is 33.1. The van der Waals surface area contributed by atoms with Gasteiger partial charge in [0, 0.05) is 25.7 Å². The van der Waals surface area contributed by atoms with Crippen LogP contribution in [-0.2, 0) is 4.79 Å². The van der Waals surface area contributed by atoms with Gasteiger partial charge in [-0.1, -0.05) is 19.9 Å². The van der Waals surface area contributed by atoms with Crippen LogP contribution in [0.25, 0.3) is 6.08 Å². The molecule has 0 radical (unpaired) electrons. The Morgan fingerprint density at radius 1 is 1.28 bits per heavy atom. The van der Waals surface area contributed by atoms with Gasteiger partial charge in [-0.15, -0.1) is 24.8 Å². The lowest BCUT2D eigenvalue weighted by molar-refractivity contribution is -0.113. The van der Waals surface area contributed by atoms with Gasteiger partial charge in [0.1, 0.15) is 5.82 Å². The Labute approximate surface area is 228 Å². The van der Waals surface area contributed by atoms with Gasteiger partial charge in [-0.2, -0.15) is 4.99 Å². The third-order valence-corrected chi connectivity index (χ3v) is 7.80. The van der Waals surface area contributed by atoms with Gasteiger partial charge in [-0.05, 0) is 79.9 Å². The smallest absolute Gasteiger partial charge is 0.407 e. The molecule has 0 bridgehead atoms. The SMILES string of the molecule is CCN(CC)C1CCN(C(=O)O)C(c2ccc(F)cc2C=C2SC(N3CCCCN3)=NC2=O)C1.Cl.Cl. The molecule has 3 aliphatic rings. The first-order chi connectivity index (χ1) is 16.4. The summed E-state index contributed by atoms with van der Waals surface area (Å²) in [6.45, 7) is 8.01. The van der Waals surface area contributed by atoms with E-state index in [1.54, 1.807) is 12.1 Å². The summed E-state index contributed by atoms with van der Waals surface area (Å²) in [6.07, 6.45) is 4.15. The summed E-state index contributed by atoms with van der Waals surface area (Å²) in [5.74, 6) is -0.787. The maximum Gasteiger partial charge on any atom is 0.407 e. The van der Waals surface area contributed by atoms with Gasteiger partial charge in [-0.25, -0.2) is 14.6 Å². The van der Waals surface area contributed by atoms with Crippen molar-refractivity contribution in [3.8, 4) is 0 Å². The first-order valence-electron chi connectivity index (χ1n) is 12.0. The number of piperidine rings is 1. The first-order valence-corrected chi connectivity index (χ1v) is 12.8. The molecule has 12 heteroatoms. The lowest BCUT2D eigenvalue weighted by atomic mass is 9.88. The van der Waals surface area contributed by atoms with Crippen molar-refractivity contribution in [3.05, 3.63) is 40.0 Å². The van der Waals surface area contributed by atoms with Crippen molar-refractivity contribution in [2.24, 2.45) is 4.99 Å². The van der Waals surface area contributed by atoms with E-state index < -0.39 is 18.0 Å². The van der Waals surface area contributed by atoms with Crippen molar-refractivity contribution in [1.82, 2.24) is 20.2 Å². The molecule has 2 atom stereocenters. The second-order valence-electron chi connectivity index (χ2n) is 8.74. The molecule has 0 saturated carbocycles. The fraction of sp³-hybridized carbons (Fsp3) is 0.542. The van der Waals surface area contributed by atoms with E-state index in [0.717, 1.165) is 45.4 Å². The average Bonchev–Trinajstić information content (AvgIpc) is 3.20. The van der Waals surface area contributed by atoms with Gasteiger partial charge < -0.3 is 14.9 Å². The highest BCUT2D eigenvalue weighted by atomic mass is 35.5. The number of amidine groups is 1. The molecule has 2 saturated heterocycles. The maximum absolute atomic E-state index is 14.3. The Morgan fingerprint density at radius 2 is 2.03 bits per heavy atom. The summed E-state index contributed by atoms with van der Waals surface area (Å²) in [5.41, 5.74) is 4.49. The normalized spacial score (nSPS) is 23.4. The number of hydrazine groups is 1. The van der Waals surface area contributed by atoms with Gasteiger partial charge in [0.15, 0.2) is 5.17 Å². The molecule has 1 aromatic carbocycles. The third kappa shape index (κ3) is 6.72. The largest absolute Gasteiger partial charge is 0.465 e. The van der Waals surface area contributed by atoms with Crippen LogP contribution in [0.15, 0.2) is 28.1 Å². The topological polar surface area (TPSA) is 88.5 Å². The number of thioether (sulfide) groups is 1. The number of nitrogens with one attached hydrogen (secondary N) is 1. The van der Waals surface area contributed by atoms with Crippen molar-refractivity contribution in [3.63, 3.8) is 0 Å². The van der Waals surface area contributed by atoms with Crippen LogP contribution >= 0.6 is 36.6 Å². The van der Waals surface area contributed by atoms with E-state index >= 15 is 0 Å². The summed E-state index contributed by atoms with van der Waals surface area (Å²) in [7, 11) is 0. The Bertz CT molecular complexity index is 1000. The fourth-order valence-electron chi connectivity index (χ4n) is 5.02. The summed E-state index contributed by atoms with van der Waals surface area (Å²) >= 11 is 1.27. The quantitative estimate of drug-likeness (QED) is 0.500. The number of halogens is 3. The molecule has 200 valence electrons. The number of hydrogen-bond acceptors (Lipinski definition) is 6. The number of carbonyl (C=O) groups is 2. The molecule has 0 aromatic heterocycles. The number of benzene rings is 1. The number of nitrogens with zero attached hydrogens (tertiary/aromatic N) is 4. The number of rotatable bonds is 5. The number of carboxylic acid groups (broad SMARTS) is 1. The Morgan fingerprint density at radius 3 is 2.67 bits per heavy atom. The molecule has 36 heavy (non-hydrogen) atoms. The molecule has 3 aliphatic heterocycles. The third-order valence-electron chi connectivity index (χ3n) is 6.79. The van der Waals surface area contributed by atoms with Gasteiger partial charge in [0.25, 0.3) is 5.91 Å². The Balaban J connectivity index is 0.00000228. The highest BCUT2D eigenvalue weighted by molar-refractivity contribution is 8.18. The highest BCUT2D eigenvalue weighted by Gasteiger charge is 2.36. The number of likely N-dealkylation sites (tertiary alicyclic amines) is 1. The average molecular weight is 563 g/mol. The van der Waals surface area contributed by atoms with Crippen molar-refractivity contribution >= 4 is 59.8 Å². The van der Waals surface area contributed by atoms with Crippen LogP contribution in [0.1, 0.15) is 56.7 Å². The van der Waals surface area contributed by atoms with Crippen molar-refractivity contribution < 1.29 is 19.1 Å². The van der Waals surface area contributed by atoms with Crippen molar-refractivity contribution in [2.75, 3.05) is 32.7 Å². The zero-order valence-corrected chi connectivity index (χ0v) is 22.9. The number of aliphatic imine (C=N–C) groups is 1. The van der Waals surface area contributed by atoms with E-state index in [9.17, 15) is 19.1 Å². The van der Waals surface area contributed by atoms with E-state index in [4.69, 9.17) is 0 Å². The molecule has 0 aliphatic carbocycles. The lowest BCUT2D eigenvalue weighted by Crippen LogP contribution is -2.48. The standard InChI is InChI=1S/C24H32FN5O3S.2ClH/c1-3-28(4-2)18-9-12-29(24(32)33)20(15-18)19-8-7-17(25)13-16(19)14-21-22(31)27-23(34-21)30-11-6-5-10-26-30;;/h7-8,13-14,18,20,26H,3-6,9-12,15H2,1-2H3,(H,32,33);2*1H. The van der Waals surface area contributed by atoms with Crippen molar-refractivity contribution in [1.29, 1.82) is 0 Å². The summed E-state index contributed by atoms with van der Waals surface area (Å²) < 4.78 is 14.3. The lowest BCUT2D eigenvalue weighted by Gasteiger charge is -2.42. The predicted octanol–water partition coefficient (Wildman–Crippen LogP) is 4.77. The molecule has 8 nitrogen and oxygen atoms in total. The molecule has 3 heterocycles. The minimum Gasteiger partial charge on any atom is -0.465 e. The van der Waals surface area contributed by atoms with Crippen LogP contribution < -0.4 is 5.43 Å². The fourth-order valence-corrected chi connectivity index (χ4v) is 5.93. The molecular formula is C24H34Cl2FN5O3S. The first kappa shape index (κ1) is 30.4. The maximum atomic E-state index is 14.3. The second kappa shape index (κ2) is 13.6. The zero-order chi connectivity index (χ0) is 24.2. The van der Waals surface area contributed by atoms with Gasteiger partial charge in [0.2, 0.25) is 0 Å². The molecular weight excluding hydrogens is 528 g/mol. The van der Waals surface area contributed by atoms with E-state index in [0.29, 0.717) is 34.2 Å². The van der Waals surface area contributed by atoms with Crippen LogP contribution in [0.5, 0.6) is 0 Å². The molecule has 2 unspecified atom stereocenters. The summed E-state index contributed by atoms with van der Waals surface area (Å²) in [6, 6.07) is 4.22. The Hall–Kier alpha value is -1.85. The number of hydrogen-bond donors (Lipinski definition) is 2. The van der Waals surface area contributed by atoms with Crippen LogP contribution in [0.4, 0.5) is 9.18 Å². The molecule has 2 amide bonds. The Kier molecular flexibility index (Phi) is 11.5. The van der Waals surface area contributed by atoms with Crippen LogP contribution in [0, 0.1) is 5.82 Å². The minimum absolute atomic E-state index is 0. The zero-order valence-electron chi connectivity index (χ0n) is 20.5. The number of carbonyl (C=O) groups excluding carboxylic acids is 1. The van der Waals surface area contributed by atoms with Crippen LogP contribution in [0.3, 0.4) is 0 Å². The molecule has 4 rings (SSSR count). The van der Waals surface area contributed by atoms with E-state index in [2.05, 4.69) is 29.2 Å². The van der Waals surface area contributed by atoms with Gasteiger partial charge in [-0.3, -0.25) is 9.80 Å². The van der Waals surface area contributed by atoms with Crippen LogP contribution in [0.2, 0.25) is 0 Å². The second-order valence-corrected chi connectivity index (χ2v) is 9.75. The van der Waals surface area contributed by atoms with Crippen molar-refractivity contribution in [2.45, 2.75) is 51.6 Å².